The third-order valence-electron chi connectivity index (χ3n) is 3.34. The van der Waals surface area contributed by atoms with Gasteiger partial charge in [-0.05, 0) is 30.3 Å². The summed E-state index contributed by atoms with van der Waals surface area (Å²) in [5, 5.41) is 0.545. The van der Waals surface area contributed by atoms with Crippen molar-refractivity contribution < 1.29 is 18.3 Å². The Hall–Kier alpha value is -2.69. The van der Waals surface area contributed by atoms with Crippen LogP contribution in [-0.4, -0.2) is 17.1 Å². The van der Waals surface area contributed by atoms with E-state index in [1.807, 2.05) is 0 Å². The molecule has 0 aliphatic carbocycles. The number of thiazole rings is 1. The van der Waals surface area contributed by atoms with E-state index in [-0.39, 0.29) is 23.5 Å². The van der Waals surface area contributed by atoms with Crippen LogP contribution in [0.15, 0.2) is 41.4 Å². The van der Waals surface area contributed by atoms with Gasteiger partial charge in [-0.3, -0.25) is 4.79 Å². The molecule has 0 fully saturated rings. The summed E-state index contributed by atoms with van der Waals surface area (Å²) in [4.78, 5) is 16.2. The number of aromatic nitrogens is 1. The van der Waals surface area contributed by atoms with Gasteiger partial charge in [-0.2, -0.15) is 4.99 Å². The van der Waals surface area contributed by atoms with E-state index in [4.69, 9.17) is 22.8 Å². The molecule has 26 heavy (non-hydrogen) atoms. The number of halogens is 3. The number of hydrogen-bond acceptors (Lipinski definition) is 3. The molecule has 1 aromatic heterocycles. The summed E-state index contributed by atoms with van der Waals surface area (Å²) in [6, 6.07) is 8.42. The minimum atomic E-state index is -0.766. The van der Waals surface area contributed by atoms with Gasteiger partial charge in [-0.1, -0.05) is 28.9 Å². The summed E-state index contributed by atoms with van der Waals surface area (Å²) in [6.45, 7) is -0.324. The molecule has 0 saturated heterocycles. The highest BCUT2D eigenvalue weighted by Crippen LogP contribution is 2.22. The maximum atomic E-state index is 14.1. The minimum absolute atomic E-state index is 0.00723. The zero-order valence-corrected chi connectivity index (χ0v) is 14.8. The fourth-order valence-electron chi connectivity index (χ4n) is 2.27. The van der Waals surface area contributed by atoms with Gasteiger partial charge in [0.25, 0.3) is 5.91 Å². The summed E-state index contributed by atoms with van der Waals surface area (Å²) >= 11 is 6.75. The number of fused-ring (bicyclic) bond motifs is 1. The van der Waals surface area contributed by atoms with Crippen molar-refractivity contribution >= 4 is 39.1 Å². The predicted octanol–water partition coefficient (Wildman–Crippen LogP) is 3.77. The lowest BCUT2D eigenvalue weighted by molar-refractivity contribution is -0.120. The number of carbonyl (C=O) groups excluding carboxylic acids is 1. The lowest BCUT2D eigenvalue weighted by Crippen LogP contribution is -2.19. The molecule has 3 rings (SSSR count). The van der Waals surface area contributed by atoms with Crippen LogP contribution in [0.25, 0.3) is 10.2 Å². The first-order chi connectivity index (χ1) is 12.5. The summed E-state index contributed by atoms with van der Waals surface area (Å²) in [6.07, 6.45) is 5.31. The zero-order chi connectivity index (χ0) is 18.7. The molecule has 4 nitrogen and oxygen atoms in total. The highest BCUT2D eigenvalue weighted by atomic mass is 35.5. The first kappa shape index (κ1) is 18.1. The number of hydrogen-bond donors (Lipinski definition) is 0. The van der Waals surface area contributed by atoms with E-state index in [0.29, 0.717) is 15.5 Å². The van der Waals surface area contributed by atoms with Crippen molar-refractivity contribution in [2.45, 2.75) is 6.54 Å². The van der Waals surface area contributed by atoms with Crippen molar-refractivity contribution in [2.75, 3.05) is 6.61 Å². The number of amides is 1. The van der Waals surface area contributed by atoms with Crippen LogP contribution >= 0.6 is 22.9 Å². The maximum absolute atomic E-state index is 14.1. The molecule has 3 aromatic rings. The molecule has 1 heterocycles. The number of carbonyl (C=O) groups is 1. The van der Waals surface area contributed by atoms with Crippen molar-refractivity contribution in [3.8, 4) is 18.1 Å². The van der Waals surface area contributed by atoms with E-state index >= 15 is 0 Å². The zero-order valence-electron chi connectivity index (χ0n) is 13.2. The third-order valence-corrected chi connectivity index (χ3v) is 4.62. The van der Waals surface area contributed by atoms with Gasteiger partial charge in [-0.25, -0.2) is 8.78 Å². The second-order valence-electron chi connectivity index (χ2n) is 5.16. The molecular weight excluding hydrogens is 382 g/mol. The van der Waals surface area contributed by atoms with Crippen LogP contribution in [0.5, 0.6) is 5.75 Å². The summed E-state index contributed by atoms with van der Waals surface area (Å²) in [5.41, 5.74) is 0.111. The molecule has 8 heteroatoms. The fourth-order valence-corrected chi connectivity index (χ4v) is 3.48. The van der Waals surface area contributed by atoms with Gasteiger partial charge < -0.3 is 9.30 Å². The average molecular weight is 393 g/mol. The van der Waals surface area contributed by atoms with Crippen molar-refractivity contribution in [3.05, 3.63) is 57.9 Å². The Kier molecular flexibility index (Phi) is 5.35. The first-order valence-corrected chi connectivity index (χ1v) is 8.55. The SMILES string of the molecule is C#CCn1c(=NC(=O)COc2ccc(Cl)cc2)sc2cc(F)cc(F)c21. The van der Waals surface area contributed by atoms with Gasteiger partial charge in [0, 0.05) is 11.1 Å². The third kappa shape index (κ3) is 3.93. The average Bonchev–Trinajstić information content (AvgIpc) is 2.92. The summed E-state index contributed by atoms with van der Waals surface area (Å²) < 4.78 is 34.5. The number of nitrogens with zero attached hydrogens (tertiary/aromatic N) is 2. The Balaban J connectivity index is 1.91. The van der Waals surface area contributed by atoms with Crippen LogP contribution in [0.2, 0.25) is 5.02 Å². The van der Waals surface area contributed by atoms with E-state index in [0.717, 1.165) is 17.4 Å². The molecule has 0 bridgehead atoms. The number of ether oxygens (including phenoxy) is 1. The van der Waals surface area contributed by atoms with E-state index in [2.05, 4.69) is 10.9 Å². The lowest BCUT2D eigenvalue weighted by atomic mass is 10.3. The fraction of sp³-hybridized carbons (Fsp3) is 0.111. The van der Waals surface area contributed by atoms with Gasteiger partial charge in [0.15, 0.2) is 17.2 Å². The van der Waals surface area contributed by atoms with Crippen LogP contribution in [0, 0.1) is 24.0 Å². The standard InChI is InChI=1S/C18H11ClF2N2O2S/c1-2-7-23-17-14(21)8-12(20)9-15(17)26-18(23)22-16(24)10-25-13-5-3-11(19)4-6-13/h1,3-6,8-9H,7,10H2. The maximum Gasteiger partial charge on any atom is 0.286 e. The quantitative estimate of drug-likeness (QED) is 0.634. The van der Waals surface area contributed by atoms with E-state index in [1.54, 1.807) is 24.3 Å². The molecule has 0 saturated carbocycles. The van der Waals surface area contributed by atoms with Crippen LogP contribution in [-0.2, 0) is 11.3 Å². The van der Waals surface area contributed by atoms with Gasteiger partial charge >= 0.3 is 0 Å². The van der Waals surface area contributed by atoms with Gasteiger partial charge in [0.1, 0.15) is 11.6 Å². The van der Waals surface area contributed by atoms with Crippen LogP contribution < -0.4 is 9.54 Å². The second kappa shape index (κ2) is 7.68. The molecule has 0 N–H and O–H groups in total. The molecule has 132 valence electrons. The molecule has 2 aromatic carbocycles. The number of rotatable bonds is 4. The summed E-state index contributed by atoms with van der Waals surface area (Å²) in [7, 11) is 0. The van der Waals surface area contributed by atoms with Crippen LogP contribution in [0.3, 0.4) is 0 Å². The minimum Gasteiger partial charge on any atom is -0.484 e. The van der Waals surface area contributed by atoms with Gasteiger partial charge in [-0.15, -0.1) is 6.42 Å². The molecular formula is C18H11ClF2N2O2S. The lowest BCUT2D eigenvalue weighted by Gasteiger charge is -2.03. The first-order valence-electron chi connectivity index (χ1n) is 7.35. The van der Waals surface area contributed by atoms with E-state index in [1.165, 1.54) is 10.6 Å². The Bertz CT molecular complexity index is 1080. The second-order valence-corrected chi connectivity index (χ2v) is 6.60. The largest absolute Gasteiger partial charge is 0.484 e. The normalized spacial score (nSPS) is 11.5. The monoisotopic (exact) mass is 392 g/mol. The highest BCUT2D eigenvalue weighted by Gasteiger charge is 2.13. The Morgan fingerprint density at radius 3 is 2.73 bits per heavy atom. The van der Waals surface area contributed by atoms with Crippen molar-refractivity contribution in [2.24, 2.45) is 4.99 Å². The Morgan fingerprint density at radius 2 is 2.04 bits per heavy atom. The van der Waals surface area contributed by atoms with Gasteiger partial charge in [0.05, 0.1) is 16.8 Å². The Morgan fingerprint density at radius 1 is 1.31 bits per heavy atom. The van der Waals surface area contributed by atoms with Crippen molar-refractivity contribution in [1.82, 2.24) is 4.57 Å². The molecule has 0 atom stereocenters. The van der Waals surface area contributed by atoms with E-state index < -0.39 is 17.5 Å². The highest BCUT2D eigenvalue weighted by molar-refractivity contribution is 7.16. The molecule has 0 aliphatic rings. The molecule has 0 spiro atoms. The van der Waals surface area contributed by atoms with E-state index in [9.17, 15) is 13.6 Å². The molecule has 1 amide bonds. The van der Waals surface area contributed by atoms with Crippen LogP contribution in [0.1, 0.15) is 0 Å². The predicted molar refractivity (Wildman–Crippen MR) is 96.1 cm³/mol. The number of benzene rings is 2. The smallest absolute Gasteiger partial charge is 0.286 e. The van der Waals surface area contributed by atoms with Crippen molar-refractivity contribution in [3.63, 3.8) is 0 Å². The van der Waals surface area contributed by atoms with Crippen molar-refractivity contribution in [1.29, 1.82) is 0 Å². The summed E-state index contributed by atoms with van der Waals surface area (Å²) in [5.74, 6) is 0.767. The molecule has 0 aliphatic heterocycles. The van der Waals surface area contributed by atoms with Gasteiger partial charge in [0.2, 0.25) is 0 Å². The molecule has 0 radical (unpaired) electrons. The Labute approximate surface area is 156 Å². The number of terminal acetylenes is 1. The topological polar surface area (TPSA) is 43.6 Å². The van der Waals surface area contributed by atoms with Crippen LogP contribution in [0.4, 0.5) is 8.78 Å². The molecule has 0 unspecified atom stereocenters.